The summed E-state index contributed by atoms with van der Waals surface area (Å²) in [5.41, 5.74) is 0.983. The maximum absolute atomic E-state index is 10.7. The van der Waals surface area contributed by atoms with Crippen molar-refractivity contribution in [2.75, 3.05) is 0 Å². The topological polar surface area (TPSA) is 52.8 Å². The molecule has 3 nitrogen and oxygen atoms in total. The number of allylic oxidation sites excluding steroid dienone is 1. The second-order valence-electron chi connectivity index (χ2n) is 7.05. The van der Waals surface area contributed by atoms with Gasteiger partial charge < -0.3 is 10.2 Å². The van der Waals surface area contributed by atoms with E-state index in [9.17, 15) is 10.2 Å². The van der Waals surface area contributed by atoms with Gasteiger partial charge in [-0.25, -0.2) is 4.99 Å². The Morgan fingerprint density at radius 3 is 2.55 bits per heavy atom. The van der Waals surface area contributed by atoms with Crippen LogP contribution in [0.15, 0.2) is 16.1 Å². The maximum Gasteiger partial charge on any atom is 0.104 e. The van der Waals surface area contributed by atoms with Crippen LogP contribution in [-0.4, -0.2) is 32.6 Å². The Hall–Kier alpha value is -0.540. The Balaban J connectivity index is 2.54. The maximum atomic E-state index is 10.7. The highest BCUT2D eigenvalue weighted by Gasteiger charge is 2.50. The first-order chi connectivity index (χ1) is 9.23. The third kappa shape index (κ3) is 2.50. The van der Waals surface area contributed by atoms with Gasteiger partial charge in [-0.3, -0.25) is 0 Å². The molecule has 2 aliphatic carbocycles. The molecule has 2 rings (SSSR count). The van der Waals surface area contributed by atoms with Crippen LogP contribution in [0.4, 0.5) is 0 Å². The summed E-state index contributed by atoms with van der Waals surface area (Å²) in [5.74, 6) is 0.552. The van der Waals surface area contributed by atoms with Gasteiger partial charge in [-0.15, -0.1) is 0 Å². The first-order valence-corrected chi connectivity index (χ1v) is 7.86. The van der Waals surface area contributed by atoms with E-state index in [0.29, 0.717) is 12.3 Å². The minimum atomic E-state index is -1.04. The molecule has 0 aliphatic heterocycles. The van der Waals surface area contributed by atoms with Gasteiger partial charge in [0, 0.05) is 5.92 Å². The summed E-state index contributed by atoms with van der Waals surface area (Å²) >= 11 is 4.81. The third-order valence-electron chi connectivity index (χ3n) is 5.22. The monoisotopic (exact) mass is 295 g/mol. The SMILES string of the molecule is CC(C)C1=C2[C@@H](CC[C@@](C)(O)[C@H]2O)[C@@](C)(N=C=S)CC1. The summed E-state index contributed by atoms with van der Waals surface area (Å²) in [5, 5.41) is 23.6. The van der Waals surface area contributed by atoms with E-state index in [1.165, 1.54) is 5.57 Å². The van der Waals surface area contributed by atoms with E-state index in [1.807, 2.05) is 0 Å². The third-order valence-corrected chi connectivity index (χ3v) is 5.31. The molecule has 2 aliphatic rings. The molecule has 0 aromatic carbocycles. The van der Waals surface area contributed by atoms with E-state index in [-0.39, 0.29) is 11.5 Å². The highest BCUT2D eigenvalue weighted by Crippen LogP contribution is 2.51. The predicted molar refractivity (Wildman–Crippen MR) is 83.9 cm³/mol. The lowest BCUT2D eigenvalue weighted by molar-refractivity contribution is -0.0781. The van der Waals surface area contributed by atoms with Crippen molar-refractivity contribution in [3.63, 3.8) is 0 Å². The van der Waals surface area contributed by atoms with Crippen LogP contribution in [0.2, 0.25) is 0 Å². The molecule has 4 atom stereocenters. The van der Waals surface area contributed by atoms with Crippen LogP contribution in [0.5, 0.6) is 0 Å². The summed E-state index contributed by atoms with van der Waals surface area (Å²) < 4.78 is 0. The summed E-state index contributed by atoms with van der Waals surface area (Å²) in [4.78, 5) is 4.41. The number of aliphatic hydroxyl groups excluding tert-OH is 1. The molecule has 2 N–H and O–H groups in total. The highest BCUT2D eigenvalue weighted by molar-refractivity contribution is 7.78. The predicted octanol–water partition coefficient (Wildman–Crippen LogP) is 3.12. The molecule has 0 saturated heterocycles. The van der Waals surface area contributed by atoms with Gasteiger partial charge in [0.25, 0.3) is 0 Å². The Bertz CT molecular complexity index is 477. The average molecular weight is 295 g/mol. The van der Waals surface area contributed by atoms with Crippen LogP contribution < -0.4 is 0 Å². The number of fused-ring (bicyclic) bond motifs is 1. The summed E-state index contributed by atoms with van der Waals surface area (Å²) in [6.45, 7) is 8.13. The number of nitrogens with zero attached hydrogens (tertiary/aromatic N) is 1. The Morgan fingerprint density at radius 2 is 2.00 bits per heavy atom. The molecule has 0 spiro atoms. The smallest absolute Gasteiger partial charge is 0.104 e. The fraction of sp³-hybridized carbons (Fsp3) is 0.812. The number of isothiocyanates is 1. The van der Waals surface area contributed by atoms with Crippen LogP contribution >= 0.6 is 12.2 Å². The Morgan fingerprint density at radius 1 is 1.35 bits per heavy atom. The van der Waals surface area contributed by atoms with E-state index in [1.54, 1.807) is 6.92 Å². The lowest BCUT2D eigenvalue weighted by atomic mass is 9.60. The zero-order chi connectivity index (χ0) is 15.1. The molecule has 4 heteroatoms. The lowest BCUT2D eigenvalue weighted by Crippen LogP contribution is -2.53. The molecule has 0 aromatic rings. The van der Waals surface area contributed by atoms with Crippen molar-refractivity contribution in [2.24, 2.45) is 16.8 Å². The van der Waals surface area contributed by atoms with E-state index >= 15 is 0 Å². The second-order valence-corrected chi connectivity index (χ2v) is 7.23. The van der Waals surface area contributed by atoms with Gasteiger partial charge in [-0.05, 0) is 63.2 Å². The molecule has 0 aromatic heterocycles. The number of aliphatic imine (C=N–C) groups is 1. The summed E-state index contributed by atoms with van der Waals surface area (Å²) in [6, 6.07) is 0. The van der Waals surface area contributed by atoms with Crippen LogP contribution in [-0.2, 0) is 0 Å². The quantitative estimate of drug-likeness (QED) is 0.467. The van der Waals surface area contributed by atoms with Gasteiger partial charge in [-0.1, -0.05) is 19.4 Å². The molecular formula is C16H25NO2S. The molecule has 20 heavy (non-hydrogen) atoms. The molecule has 0 heterocycles. The Kier molecular flexibility index (Phi) is 4.23. The van der Waals surface area contributed by atoms with Crippen LogP contribution in [0.1, 0.15) is 53.4 Å². The minimum Gasteiger partial charge on any atom is -0.387 e. The van der Waals surface area contributed by atoms with E-state index in [4.69, 9.17) is 12.2 Å². The van der Waals surface area contributed by atoms with Gasteiger partial charge in [0.05, 0.1) is 16.3 Å². The number of hydrogen-bond donors (Lipinski definition) is 2. The van der Waals surface area contributed by atoms with Crippen molar-refractivity contribution in [1.29, 1.82) is 0 Å². The number of hydrogen-bond acceptors (Lipinski definition) is 4. The highest BCUT2D eigenvalue weighted by atomic mass is 32.1. The molecule has 1 fully saturated rings. The van der Waals surface area contributed by atoms with Crippen molar-refractivity contribution in [2.45, 2.75) is 70.6 Å². The van der Waals surface area contributed by atoms with Crippen molar-refractivity contribution < 1.29 is 10.2 Å². The standard InChI is InChI=1S/C16H25NO2S/c1-10(2)11-5-7-15(3,17-9-20)12-6-8-16(4,19)14(18)13(11)12/h10,12,14,18-19H,5-8H2,1-4H3/t12-,14+,15+,16-/m1/s1. The molecular weight excluding hydrogens is 270 g/mol. The molecule has 0 amide bonds. The van der Waals surface area contributed by atoms with Crippen molar-refractivity contribution in [3.8, 4) is 0 Å². The first-order valence-electron chi connectivity index (χ1n) is 7.45. The fourth-order valence-electron chi connectivity index (χ4n) is 3.87. The van der Waals surface area contributed by atoms with Gasteiger partial charge in [0.2, 0.25) is 0 Å². The van der Waals surface area contributed by atoms with Gasteiger partial charge in [-0.2, -0.15) is 0 Å². The fourth-order valence-corrected chi connectivity index (χ4v) is 4.07. The van der Waals surface area contributed by atoms with Crippen molar-refractivity contribution >= 4 is 17.4 Å². The lowest BCUT2D eigenvalue weighted by Gasteiger charge is -2.50. The van der Waals surface area contributed by atoms with Crippen LogP contribution in [0.25, 0.3) is 0 Å². The molecule has 0 unspecified atom stereocenters. The largest absolute Gasteiger partial charge is 0.387 e. The van der Waals surface area contributed by atoms with Gasteiger partial charge in [0.1, 0.15) is 6.10 Å². The van der Waals surface area contributed by atoms with E-state index < -0.39 is 11.7 Å². The minimum absolute atomic E-state index is 0.166. The number of thiocarbonyl (C=S) groups is 1. The van der Waals surface area contributed by atoms with Crippen LogP contribution in [0, 0.1) is 11.8 Å². The normalized spacial score (nSPS) is 41.4. The first kappa shape index (κ1) is 15.8. The summed E-state index contributed by atoms with van der Waals surface area (Å²) in [6.07, 6.45) is 2.49. The average Bonchev–Trinajstić information content (AvgIpc) is 2.34. The molecule has 112 valence electrons. The number of rotatable bonds is 2. The van der Waals surface area contributed by atoms with Crippen LogP contribution in [0.3, 0.4) is 0 Å². The van der Waals surface area contributed by atoms with E-state index in [2.05, 4.69) is 30.9 Å². The second kappa shape index (κ2) is 5.34. The zero-order valence-electron chi connectivity index (χ0n) is 12.8. The van der Waals surface area contributed by atoms with Crippen molar-refractivity contribution in [1.82, 2.24) is 0 Å². The molecule has 0 radical (unpaired) electrons. The Labute approximate surface area is 126 Å². The molecule has 0 bridgehead atoms. The zero-order valence-corrected chi connectivity index (χ0v) is 13.6. The number of aliphatic hydroxyl groups is 2. The van der Waals surface area contributed by atoms with E-state index in [0.717, 1.165) is 24.8 Å². The van der Waals surface area contributed by atoms with Crippen molar-refractivity contribution in [3.05, 3.63) is 11.1 Å². The summed E-state index contributed by atoms with van der Waals surface area (Å²) in [7, 11) is 0. The van der Waals surface area contributed by atoms with Gasteiger partial charge in [0.15, 0.2) is 0 Å². The van der Waals surface area contributed by atoms with Gasteiger partial charge >= 0.3 is 0 Å². The molecule has 1 saturated carbocycles.